The monoisotopic (exact) mass is 186 g/mol. The first-order chi connectivity index (χ1) is 5.87. The second kappa shape index (κ2) is 5.25. The third kappa shape index (κ3) is 6.62. The Kier molecular flexibility index (Phi) is 5.04. The molecule has 0 aromatic carbocycles. The predicted octanol–water partition coefficient (Wildman–Crippen LogP) is 3.15. The zero-order valence-corrected chi connectivity index (χ0v) is 9.52. The van der Waals surface area contributed by atoms with E-state index >= 15 is 0 Å². The van der Waals surface area contributed by atoms with Gasteiger partial charge in [0.05, 0.1) is 5.92 Å². The maximum absolute atomic E-state index is 11.4. The lowest BCUT2D eigenvalue weighted by atomic mass is 10.0. The van der Waals surface area contributed by atoms with Gasteiger partial charge in [-0.2, -0.15) is 0 Å². The van der Waals surface area contributed by atoms with Gasteiger partial charge in [-0.1, -0.05) is 26.7 Å². The van der Waals surface area contributed by atoms with Crippen LogP contribution in [0.5, 0.6) is 0 Å². The average Bonchev–Trinajstić information content (AvgIpc) is 1.96. The summed E-state index contributed by atoms with van der Waals surface area (Å²) >= 11 is 0. The van der Waals surface area contributed by atoms with E-state index in [9.17, 15) is 4.79 Å². The molecule has 0 saturated carbocycles. The van der Waals surface area contributed by atoms with Gasteiger partial charge in [-0.3, -0.25) is 4.79 Å². The molecule has 2 heteroatoms. The zero-order chi connectivity index (χ0) is 10.5. The van der Waals surface area contributed by atoms with Crippen LogP contribution in [0.1, 0.15) is 53.9 Å². The van der Waals surface area contributed by atoms with E-state index in [0.717, 1.165) is 19.3 Å². The highest BCUT2D eigenvalue weighted by molar-refractivity contribution is 5.72. The highest BCUT2D eigenvalue weighted by Gasteiger charge is 2.20. The Hall–Kier alpha value is -0.530. The van der Waals surface area contributed by atoms with E-state index in [1.807, 2.05) is 27.7 Å². The van der Waals surface area contributed by atoms with Crippen LogP contribution in [-0.2, 0) is 9.53 Å². The number of unbranched alkanes of at least 4 members (excludes halogenated alkanes) is 1. The fourth-order valence-corrected chi connectivity index (χ4v) is 1.03. The Labute approximate surface area is 81.7 Å². The SMILES string of the molecule is CCCC[C@H](C)C(=O)OC(C)(C)C. The van der Waals surface area contributed by atoms with Gasteiger partial charge in [0.1, 0.15) is 5.60 Å². The van der Waals surface area contributed by atoms with Crippen LogP contribution in [0.25, 0.3) is 0 Å². The summed E-state index contributed by atoms with van der Waals surface area (Å²) in [5.41, 5.74) is -0.350. The molecule has 2 nitrogen and oxygen atoms in total. The van der Waals surface area contributed by atoms with Crippen molar-refractivity contribution in [1.29, 1.82) is 0 Å². The number of hydrogen-bond acceptors (Lipinski definition) is 2. The Bertz CT molecular complexity index is 156. The Morgan fingerprint density at radius 2 is 1.92 bits per heavy atom. The van der Waals surface area contributed by atoms with Crippen LogP contribution < -0.4 is 0 Å². The van der Waals surface area contributed by atoms with E-state index in [0.29, 0.717) is 0 Å². The molecule has 0 aliphatic carbocycles. The molecule has 0 spiro atoms. The molecule has 0 radical (unpaired) electrons. The topological polar surface area (TPSA) is 26.3 Å². The molecule has 1 atom stereocenters. The predicted molar refractivity (Wildman–Crippen MR) is 54.5 cm³/mol. The molecule has 0 unspecified atom stereocenters. The standard InChI is InChI=1S/C11H22O2/c1-6-7-8-9(2)10(12)13-11(3,4)5/h9H,6-8H2,1-5H3/t9-/m0/s1. The minimum Gasteiger partial charge on any atom is -0.460 e. The third-order valence-corrected chi connectivity index (χ3v) is 1.80. The van der Waals surface area contributed by atoms with E-state index in [1.165, 1.54) is 0 Å². The molecule has 0 N–H and O–H groups in total. The first-order valence-corrected chi connectivity index (χ1v) is 5.09. The number of esters is 1. The number of hydrogen-bond donors (Lipinski definition) is 0. The van der Waals surface area contributed by atoms with Gasteiger partial charge >= 0.3 is 5.97 Å². The summed E-state index contributed by atoms with van der Waals surface area (Å²) in [5.74, 6) is -0.0277. The quantitative estimate of drug-likeness (QED) is 0.630. The van der Waals surface area contributed by atoms with E-state index in [4.69, 9.17) is 4.74 Å². The molecule has 0 rings (SSSR count). The second-order valence-electron chi connectivity index (χ2n) is 4.58. The molecule has 0 aromatic heterocycles. The second-order valence-corrected chi connectivity index (χ2v) is 4.58. The van der Waals surface area contributed by atoms with E-state index in [1.54, 1.807) is 0 Å². The van der Waals surface area contributed by atoms with Crippen LogP contribution in [0, 0.1) is 5.92 Å². The van der Waals surface area contributed by atoms with Crippen LogP contribution in [0.3, 0.4) is 0 Å². The van der Waals surface area contributed by atoms with Crippen molar-refractivity contribution >= 4 is 5.97 Å². The lowest BCUT2D eigenvalue weighted by molar-refractivity contribution is -0.159. The van der Waals surface area contributed by atoms with Crippen LogP contribution in [0.15, 0.2) is 0 Å². The fourth-order valence-electron chi connectivity index (χ4n) is 1.03. The summed E-state index contributed by atoms with van der Waals surface area (Å²) in [7, 11) is 0. The number of carbonyl (C=O) groups is 1. The molecule has 0 fully saturated rings. The summed E-state index contributed by atoms with van der Waals surface area (Å²) in [5, 5.41) is 0. The van der Waals surface area contributed by atoms with Crippen LogP contribution >= 0.6 is 0 Å². The summed E-state index contributed by atoms with van der Waals surface area (Å²) in [6.07, 6.45) is 3.17. The van der Waals surface area contributed by atoms with E-state index < -0.39 is 0 Å². The highest BCUT2D eigenvalue weighted by Crippen LogP contribution is 2.15. The van der Waals surface area contributed by atoms with Gasteiger partial charge in [-0.05, 0) is 27.2 Å². The normalized spacial score (nSPS) is 13.9. The van der Waals surface area contributed by atoms with Gasteiger partial charge in [-0.15, -0.1) is 0 Å². The van der Waals surface area contributed by atoms with Crippen molar-refractivity contribution in [2.45, 2.75) is 59.5 Å². The maximum atomic E-state index is 11.4. The molecular formula is C11H22O2. The number of carbonyl (C=O) groups excluding carboxylic acids is 1. The first-order valence-electron chi connectivity index (χ1n) is 5.09. The van der Waals surface area contributed by atoms with Crippen molar-refractivity contribution in [1.82, 2.24) is 0 Å². The van der Waals surface area contributed by atoms with Gasteiger partial charge in [0.25, 0.3) is 0 Å². The van der Waals surface area contributed by atoms with Crippen molar-refractivity contribution in [2.75, 3.05) is 0 Å². The van der Waals surface area contributed by atoms with E-state index in [-0.39, 0.29) is 17.5 Å². The van der Waals surface area contributed by atoms with Crippen molar-refractivity contribution in [3.63, 3.8) is 0 Å². The lowest BCUT2D eigenvalue weighted by Crippen LogP contribution is -2.27. The molecule has 0 aliphatic heterocycles. The Morgan fingerprint density at radius 3 is 2.31 bits per heavy atom. The number of rotatable bonds is 4. The molecule has 0 heterocycles. The minimum absolute atomic E-state index is 0.0409. The molecule has 0 aliphatic rings. The van der Waals surface area contributed by atoms with Crippen LogP contribution in [0.2, 0.25) is 0 Å². The molecule has 13 heavy (non-hydrogen) atoms. The Balaban J connectivity index is 3.83. The summed E-state index contributed by atoms with van der Waals surface area (Å²) in [6.45, 7) is 9.76. The van der Waals surface area contributed by atoms with Gasteiger partial charge in [0.2, 0.25) is 0 Å². The van der Waals surface area contributed by atoms with Crippen LogP contribution in [-0.4, -0.2) is 11.6 Å². The molecule has 0 aromatic rings. The van der Waals surface area contributed by atoms with Crippen molar-refractivity contribution in [3.05, 3.63) is 0 Å². The average molecular weight is 186 g/mol. The number of ether oxygens (including phenoxy) is 1. The smallest absolute Gasteiger partial charge is 0.309 e. The molecule has 0 saturated heterocycles. The third-order valence-electron chi connectivity index (χ3n) is 1.80. The van der Waals surface area contributed by atoms with Crippen molar-refractivity contribution < 1.29 is 9.53 Å². The van der Waals surface area contributed by atoms with Crippen molar-refractivity contribution in [2.24, 2.45) is 5.92 Å². The molecule has 0 bridgehead atoms. The summed E-state index contributed by atoms with van der Waals surface area (Å²) in [6, 6.07) is 0. The van der Waals surface area contributed by atoms with Crippen molar-refractivity contribution in [3.8, 4) is 0 Å². The van der Waals surface area contributed by atoms with Gasteiger partial charge < -0.3 is 4.74 Å². The van der Waals surface area contributed by atoms with E-state index in [2.05, 4.69) is 6.92 Å². The largest absolute Gasteiger partial charge is 0.460 e. The highest BCUT2D eigenvalue weighted by atomic mass is 16.6. The maximum Gasteiger partial charge on any atom is 0.309 e. The zero-order valence-electron chi connectivity index (χ0n) is 9.52. The Morgan fingerprint density at radius 1 is 1.38 bits per heavy atom. The van der Waals surface area contributed by atoms with Crippen LogP contribution in [0.4, 0.5) is 0 Å². The summed E-state index contributed by atoms with van der Waals surface area (Å²) in [4.78, 5) is 11.4. The van der Waals surface area contributed by atoms with Gasteiger partial charge in [0, 0.05) is 0 Å². The molecule has 78 valence electrons. The van der Waals surface area contributed by atoms with Gasteiger partial charge in [-0.25, -0.2) is 0 Å². The lowest BCUT2D eigenvalue weighted by Gasteiger charge is -2.22. The van der Waals surface area contributed by atoms with Gasteiger partial charge in [0.15, 0.2) is 0 Å². The minimum atomic E-state index is -0.350. The fraction of sp³-hybridized carbons (Fsp3) is 0.909. The molecule has 0 amide bonds. The molecular weight excluding hydrogens is 164 g/mol. The first kappa shape index (κ1) is 12.5. The summed E-state index contributed by atoms with van der Waals surface area (Å²) < 4.78 is 5.26.